The highest BCUT2D eigenvalue weighted by atomic mass is 32.1. The third-order valence-corrected chi connectivity index (χ3v) is 6.27. The van der Waals surface area contributed by atoms with E-state index in [4.69, 9.17) is 21.7 Å². The van der Waals surface area contributed by atoms with E-state index < -0.39 is 0 Å². The Balaban J connectivity index is 1.47. The number of nitrogens with zero attached hydrogens (tertiary/aromatic N) is 3. The molecule has 9 heteroatoms. The van der Waals surface area contributed by atoms with Gasteiger partial charge in [-0.05, 0) is 80.1 Å². The Morgan fingerprint density at radius 2 is 1.85 bits per heavy atom. The van der Waals surface area contributed by atoms with Crippen LogP contribution in [0.25, 0.3) is 11.4 Å². The lowest BCUT2D eigenvalue weighted by molar-refractivity contribution is -0.121. The fourth-order valence-electron chi connectivity index (χ4n) is 4.19. The molecule has 0 saturated carbocycles. The Morgan fingerprint density at radius 3 is 2.55 bits per heavy atom. The zero-order valence-corrected chi connectivity index (χ0v) is 19.7. The summed E-state index contributed by atoms with van der Waals surface area (Å²) < 4.78 is 12.7. The number of benzene rings is 2. The fraction of sp³-hybridized carbons (Fsp3) is 0.375. The van der Waals surface area contributed by atoms with E-state index in [1.807, 2.05) is 42.5 Å². The molecule has 1 aromatic heterocycles. The van der Waals surface area contributed by atoms with Crippen molar-refractivity contribution in [2.24, 2.45) is 0 Å². The molecule has 2 aromatic carbocycles. The van der Waals surface area contributed by atoms with Crippen LogP contribution in [0.5, 0.6) is 11.5 Å². The van der Waals surface area contributed by atoms with Gasteiger partial charge >= 0.3 is 0 Å². The predicted octanol–water partition coefficient (Wildman–Crippen LogP) is 3.58. The minimum Gasteiger partial charge on any atom is -0.497 e. The maximum absolute atomic E-state index is 12.9. The normalized spacial score (nSPS) is 14.7. The van der Waals surface area contributed by atoms with Gasteiger partial charge in [0.2, 0.25) is 5.91 Å². The van der Waals surface area contributed by atoms with Gasteiger partial charge in [0, 0.05) is 12.1 Å². The summed E-state index contributed by atoms with van der Waals surface area (Å²) in [5.74, 6) is 2.07. The molecular formula is C24H29N5O3S. The van der Waals surface area contributed by atoms with Crippen molar-refractivity contribution in [1.29, 1.82) is 0 Å². The molecule has 1 aliphatic rings. The zero-order valence-electron chi connectivity index (χ0n) is 18.9. The van der Waals surface area contributed by atoms with E-state index in [1.165, 1.54) is 12.8 Å². The quantitative estimate of drug-likeness (QED) is 0.468. The summed E-state index contributed by atoms with van der Waals surface area (Å²) in [6.07, 6.45) is 2.34. The molecule has 1 unspecified atom stereocenters. The van der Waals surface area contributed by atoms with Gasteiger partial charge in [0.05, 0.1) is 20.3 Å². The largest absolute Gasteiger partial charge is 0.497 e. The van der Waals surface area contributed by atoms with Gasteiger partial charge in [-0.2, -0.15) is 5.10 Å². The van der Waals surface area contributed by atoms with Crippen LogP contribution in [0.1, 0.15) is 24.4 Å². The van der Waals surface area contributed by atoms with Gasteiger partial charge in [0.25, 0.3) is 0 Å². The van der Waals surface area contributed by atoms with E-state index in [0.29, 0.717) is 17.1 Å². The number of hydrogen-bond donors (Lipinski definition) is 2. The van der Waals surface area contributed by atoms with Gasteiger partial charge < -0.3 is 14.8 Å². The number of aromatic amines is 1. The van der Waals surface area contributed by atoms with Crippen molar-refractivity contribution < 1.29 is 14.3 Å². The first-order valence-corrected chi connectivity index (χ1v) is 11.4. The van der Waals surface area contributed by atoms with Crippen molar-refractivity contribution in [3.63, 3.8) is 0 Å². The number of hydrogen-bond acceptors (Lipinski definition) is 6. The van der Waals surface area contributed by atoms with Gasteiger partial charge in [0.15, 0.2) is 10.6 Å². The van der Waals surface area contributed by atoms with Crippen LogP contribution in [0.3, 0.4) is 0 Å². The Morgan fingerprint density at radius 1 is 1.12 bits per heavy atom. The molecule has 0 bridgehead atoms. The van der Waals surface area contributed by atoms with E-state index in [-0.39, 0.29) is 18.5 Å². The fourth-order valence-corrected chi connectivity index (χ4v) is 4.39. The van der Waals surface area contributed by atoms with E-state index in [0.717, 1.165) is 35.7 Å². The lowest BCUT2D eigenvalue weighted by Gasteiger charge is -2.28. The predicted molar refractivity (Wildman–Crippen MR) is 129 cm³/mol. The zero-order chi connectivity index (χ0) is 23.2. The van der Waals surface area contributed by atoms with Crippen LogP contribution in [-0.2, 0) is 11.3 Å². The van der Waals surface area contributed by atoms with Crippen LogP contribution >= 0.6 is 12.2 Å². The van der Waals surface area contributed by atoms with Crippen LogP contribution in [0.2, 0.25) is 0 Å². The first-order valence-electron chi connectivity index (χ1n) is 11.0. The summed E-state index contributed by atoms with van der Waals surface area (Å²) in [6.45, 7) is 2.63. The van der Waals surface area contributed by atoms with Crippen molar-refractivity contribution in [2.75, 3.05) is 33.9 Å². The molecular weight excluding hydrogens is 438 g/mol. The van der Waals surface area contributed by atoms with Crippen molar-refractivity contribution in [3.8, 4) is 22.9 Å². The van der Waals surface area contributed by atoms with Crippen LogP contribution in [0, 0.1) is 4.77 Å². The van der Waals surface area contributed by atoms with Crippen molar-refractivity contribution >= 4 is 18.1 Å². The number of rotatable bonds is 9. The van der Waals surface area contributed by atoms with Crippen molar-refractivity contribution in [1.82, 2.24) is 25.0 Å². The maximum Gasteiger partial charge on any atom is 0.240 e. The monoisotopic (exact) mass is 467 g/mol. The molecule has 1 amide bonds. The molecule has 1 saturated heterocycles. The second-order valence-electron chi connectivity index (χ2n) is 8.01. The number of methoxy groups -OCH3 is 2. The number of ether oxygens (including phenoxy) is 2. The van der Waals surface area contributed by atoms with Gasteiger partial charge in [-0.1, -0.05) is 12.1 Å². The average Bonchev–Trinajstić information content (AvgIpc) is 3.50. The van der Waals surface area contributed by atoms with Crippen molar-refractivity contribution in [2.45, 2.75) is 25.4 Å². The molecule has 8 nitrogen and oxygen atoms in total. The number of nitrogens with one attached hydrogen (secondary N) is 2. The molecule has 2 heterocycles. The summed E-state index contributed by atoms with van der Waals surface area (Å²) >= 11 is 5.39. The summed E-state index contributed by atoms with van der Waals surface area (Å²) in [7, 11) is 3.29. The summed E-state index contributed by atoms with van der Waals surface area (Å²) in [4.78, 5) is 15.4. The highest BCUT2D eigenvalue weighted by molar-refractivity contribution is 7.71. The standard InChI is InChI=1S/C24H29N5O3S/c1-31-19-10-8-17(9-11-19)23-26-27-24(33)29(23)16-22(30)25-15-21(28-12-3-4-13-28)18-6-5-7-20(14-18)32-2/h5-11,14,21H,3-4,12-13,15-16H2,1-2H3,(H,25,30)(H,27,33). The lowest BCUT2D eigenvalue weighted by Crippen LogP contribution is -2.38. The number of likely N-dealkylation sites (tertiary alicyclic amines) is 1. The molecule has 2 N–H and O–H groups in total. The molecule has 1 atom stereocenters. The van der Waals surface area contributed by atoms with Gasteiger partial charge in [-0.3, -0.25) is 19.4 Å². The Kier molecular flexibility index (Phi) is 7.41. The van der Waals surface area contributed by atoms with E-state index >= 15 is 0 Å². The number of amides is 1. The topological polar surface area (TPSA) is 84.4 Å². The smallest absolute Gasteiger partial charge is 0.240 e. The SMILES string of the molecule is COc1ccc(-c2n[nH]c(=S)n2CC(=O)NCC(c2cccc(OC)c2)N2CCCC2)cc1. The second kappa shape index (κ2) is 10.6. The van der Waals surface area contributed by atoms with Crippen LogP contribution < -0.4 is 14.8 Å². The number of carbonyl (C=O) groups is 1. The lowest BCUT2D eigenvalue weighted by atomic mass is 10.0. The molecule has 0 aliphatic carbocycles. The summed E-state index contributed by atoms with van der Waals surface area (Å²) in [6, 6.07) is 15.6. The summed E-state index contributed by atoms with van der Waals surface area (Å²) in [5.41, 5.74) is 1.98. The first kappa shape index (κ1) is 23.0. The molecule has 0 spiro atoms. The van der Waals surface area contributed by atoms with Gasteiger partial charge in [0.1, 0.15) is 18.0 Å². The van der Waals surface area contributed by atoms with Crippen molar-refractivity contribution in [3.05, 3.63) is 58.9 Å². The Hall–Kier alpha value is -3.17. The molecule has 3 aromatic rings. The minimum absolute atomic E-state index is 0.0848. The van der Waals surface area contributed by atoms with Crippen LogP contribution in [0.4, 0.5) is 0 Å². The Bertz CT molecular complexity index is 1140. The van der Waals surface area contributed by atoms with E-state index in [9.17, 15) is 4.79 Å². The number of H-pyrrole nitrogens is 1. The molecule has 4 rings (SSSR count). The number of aromatic nitrogens is 3. The highest BCUT2D eigenvalue weighted by Gasteiger charge is 2.24. The first-order chi connectivity index (χ1) is 16.1. The van der Waals surface area contributed by atoms with Crippen LogP contribution in [-0.4, -0.2) is 59.4 Å². The molecule has 1 fully saturated rings. The molecule has 174 valence electrons. The van der Waals surface area contributed by atoms with Gasteiger partial charge in [-0.25, -0.2) is 0 Å². The summed E-state index contributed by atoms with van der Waals surface area (Å²) in [5, 5.41) is 10.2. The number of carbonyl (C=O) groups excluding carboxylic acids is 1. The maximum atomic E-state index is 12.9. The van der Waals surface area contributed by atoms with E-state index in [2.05, 4.69) is 26.5 Å². The van der Waals surface area contributed by atoms with Gasteiger partial charge in [-0.15, -0.1) is 0 Å². The highest BCUT2D eigenvalue weighted by Crippen LogP contribution is 2.27. The minimum atomic E-state index is -0.116. The Labute approximate surface area is 198 Å². The third-order valence-electron chi connectivity index (χ3n) is 5.96. The molecule has 0 radical (unpaired) electrons. The molecule has 33 heavy (non-hydrogen) atoms. The van der Waals surface area contributed by atoms with Crippen LogP contribution in [0.15, 0.2) is 48.5 Å². The van der Waals surface area contributed by atoms with E-state index in [1.54, 1.807) is 18.8 Å². The average molecular weight is 468 g/mol. The molecule has 1 aliphatic heterocycles. The second-order valence-corrected chi connectivity index (χ2v) is 8.39. The third kappa shape index (κ3) is 5.43.